The summed E-state index contributed by atoms with van der Waals surface area (Å²) in [6.07, 6.45) is 0. The molecule has 1 amide bonds. The van der Waals surface area contributed by atoms with Gasteiger partial charge in [-0.05, 0) is 46.2 Å². The first-order valence-corrected chi connectivity index (χ1v) is 12.1. The molecule has 5 nitrogen and oxygen atoms in total. The van der Waals surface area contributed by atoms with Crippen molar-refractivity contribution in [3.63, 3.8) is 0 Å². The van der Waals surface area contributed by atoms with Crippen LogP contribution in [-0.4, -0.2) is 55.1 Å². The number of rotatable bonds is 3. The Morgan fingerprint density at radius 2 is 1.33 bits per heavy atom. The highest BCUT2D eigenvalue weighted by Crippen LogP contribution is 2.60. The molecule has 0 radical (unpaired) electrons. The molecule has 33 heavy (non-hydrogen) atoms. The second-order valence-corrected chi connectivity index (χ2v) is 9.91. The number of hydrogen-bond donors (Lipinski definition) is 0. The van der Waals surface area contributed by atoms with Gasteiger partial charge in [0.25, 0.3) is 5.91 Å². The summed E-state index contributed by atoms with van der Waals surface area (Å²) in [5.41, 5.74) is 5.84. The number of amides is 1. The summed E-state index contributed by atoms with van der Waals surface area (Å²) >= 11 is 0. The van der Waals surface area contributed by atoms with Crippen LogP contribution in [0, 0.1) is 11.8 Å². The third-order valence-corrected chi connectivity index (χ3v) is 8.24. The molecule has 1 aromatic heterocycles. The SMILES string of the molecule is O=C(c1ccc(CN2CCOCC2)o1)N1CC2C3c4ccccc4C(c4ccccc43)C2C1. The van der Waals surface area contributed by atoms with E-state index in [4.69, 9.17) is 9.15 Å². The summed E-state index contributed by atoms with van der Waals surface area (Å²) in [5, 5.41) is 0. The van der Waals surface area contributed by atoms with E-state index in [2.05, 4.69) is 53.4 Å². The van der Waals surface area contributed by atoms with Crippen molar-refractivity contribution in [2.45, 2.75) is 18.4 Å². The predicted molar refractivity (Wildman–Crippen MR) is 124 cm³/mol. The molecule has 2 atom stereocenters. The van der Waals surface area contributed by atoms with Crippen LogP contribution in [0.2, 0.25) is 0 Å². The first-order valence-electron chi connectivity index (χ1n) is 12.1. The van der Waals surface area contributed by atoms with Gasteiger partial charge in [0.15, 0.2) is 5.76 Å². The van der Waals surface area contributed by atoms with Gasteiger partial charge >= 0.3 is 0 Å². The van der Waals surface area contributed by atoms with E-state index in [9.17, 15) is 4.79 Å². The van der Waals surface area contributed by atoms with E-state index in [1.54, 1.807) is 0 Å². The highest BCUT2D eigenvalue weighted by Gasteiger charge is 2.53. The Labute approximate surface area is 193 Å². The third-order valence-electron chi connectivity index (χ3n) is 8.24. The third kappa shape index (κ3) is 3.02. The van der Waals surface area contributed by atoms with Gasteiger partial charge in [-0.3, -0.25) is 9.69 Å². The van der Waals surface area contributed by atoms with Crippen LogP contribution < -0.4 is 0 Å². The molecule has 0 spiro atoms. The fraction of sp³-hybridized carbons (Fsp3) is 0.393. The molecule has 2 fully saturated rings. The van der Waals surface area contributed by atoms with Crippen LogP contribution in [0.4, 0.5) is 0 Å². The molecular formula is C28H28N2O3. The van der Waals surface area contributed by atoms with Crippen LogP contribution in [-0.2, 0) is 11.3 Å². The van der Waals surface area contributed by atoms with Gasteiger partial charge in [-0.25, -0.2) is 0 Å². The largest absolute Gasteiger partial charge is 0.455 e. The summed E-state index contributed by atoms with van der Waals surface area (Å²) in [6, 6.07) is 21.7. The maximum Gasteiger partial charge on any atom is 0.289 e. The van der Waals surface area contributed by atoms with Gasteiger partial charge in [0.2, 0.25) is 0 Å². The van der Waals surface area contributed by atoms with E-state index in [0.717, 1.165) is 51.7 Å². The Kier molecular flexibility index (Phi) is 4.49. The van der Waals surface area contributed by atoms with Crippen LogP contribution in [0.3, 0.4) is 0 Å². The molecule has 5 heteroatoms. The Bertz CT molecular complexity index is 1110. The van der Waals surface area contributed by atoms with Gasteiger partial charge < -0.3 is 14.1 Å². The van der Waals surface area contributed by atoms with Gasteiger partial charge in [0.05, 0.1) is 19.8 Å². The average Bonchev–Trinajstić information content (AvgIpc) is 3.52. The van der Waals surface area contributed by atoms with E-state index >= 15 is 0 Å². The van der Waals surface area contributed by atoms with E-state index in [1.807, 2.05) is 17.0 Å². The Morgan fingerprint density at radius 1 is 0.788 bits per heavy atom. The van der Waals surface area contributed by atoms with Crippen LogP contribution >= 0.6 is 0 Å². The summed E-state index contributed by atoms with van der Waals surface area (Å²) < 4.78 is 11.5. The molecule has 2 saturated heterocycles. The average molecular weight is 441 g/mol. The number of hydrogen-bond acceptors (Lipinski definition) is 4. The lowest BCUT2D eigenvalue weighted by atomic mass is 9.55. The van der Waals surface area contributed by atoms with Gasteiger partial charge in [-0.1, -0.05) is 48.5 Å². The number of carbonyl (C=O) groups excluding carboxylic acids is 1. The van der Waals surface area contributed by atoms with E-state index in [1.165, 1.54) is 22.3 Å². The van der Waals surface area contributed by atoms with Crippen molar-refractivity contribution < 1.29 is 13.9 Å². The van der Waals surface area contributed by atoms with Crippen molar-refractivity contribution in [3.8, 4) is 0 Å². The molecule has 2 aliphatic heterocycles. The van der Waals surface area contributed by atoms with Crippen molar-refractivity contribution >= 4 is 5.91 Å². The first kappa shape index (κ1) is 19.6. The monoisotopic (exact) mass is 440 g/mol. The van der Waals surface area contributed by atoms with Crippen molar-refractivity contribution in [2.24, 2.45) is 11.8 Å². The second-order valence-electron chi connectivity index (χ2n) is 9.91. The molecule has 3 aromatic rings. The van der Waals surface area contributed by atoms with Gasteiger partial charge in [0.1, 0.15) is 5.76 Å². The molecule has 3 aliphatic carbocycles. The fourth-order valence-electron chi connectivity index (χ4n) is 6.85. The van der Waals surface area contributed by atoms with Gasteiger partial charge in [-0.2, -0.15) is 0 Å². The minimum absolute atomic E-state index is 0.0325. The lowest BCUT2D eigenvalue weighted by molar-refractivity contribution is 0.0310. The van der Waals surface area contributed by atoms with Gasteiger partial charge in [-0.15, -0.1) is 0 Å². The highest BCUT2D eigenvalue weighted by molar-refractivity contribution is 5.92. The molecular weight excluding hydrogens is 412 g/mol. The van der Waals surface area contributed by atoms with Crippen LogP contribution in [0.25, 0.3) is 0 Å². The van der Waals surface area contributed by atoms with E-state index in [0.29, 0.717) is 29.4 Å². The molecule has 2 bridgehead atoms. The quantitative estimate of drug-likeness (QED) is 0.616. The number of likely N-dealkylation sites (tertiary alicyclic amines) is 1. The Hall–Kier alpha value is -2.89. The first-order chi connectivity index (χ1) is 16.3. The summed E-state index contributed by atoms with van der Waals surface area (Å²) in [4.78, 5) is 17.8. The maximum absolute atomic E-state index is 13.5. The molecule has 0 saturated carbocycles. The number of nitrogens with zero attached hydrogens (tertiary/aromatic N) is 2. The molecule has 8 rings (SSSR count). The van der Waals surface area contributed by atoms with Crippen LogP contribution in [0.1, 0.15) is 50.4 Å². The van der Waals surface area contributed by atoms with Crippen molar-refractivity contribution in [1.82, 2.24) is 9.80 Å². The second kappa shape index (κ2) is 7.57. The number of furan rings is 1. The number of benzene rings is 2. The van der Waals surface area contributed by atoms with Crippen LogP contribution in [0.15, 0.2) is 65.1 Å². The fourth-order valence-corrected chi connectivity index (χ4v) is 6.85. The van der Waals surface area contributed by atoms with Crippen molar-refractivity contribution in [1.29, 1.82) is 0 Å². The van der Waals surface area contributed by atoms with Crippen LogP contribution in [0.5, 0.6) is 0 Å². The summed E-state index contributed by atoms with van der Waals surface area (Å²) in [7, 11) is 0. The zero-order valence-corrected chi connectivity index (χ0v) is 18.7. The Morgan fingerprint density at radius 3 is 1.88 bits per heavy atom. The van der Waals surface area contributed by atoms with E-state index < -0.39 is 0 Å². The normalized spacial score (nSPS) is 27.8. The molecule has 168 valence electrons. The molecule has 3 heterocycles. The highest BCUT2D eigenvalue weighted by atomic mass is 16.5. The molecule has 2 aromatic carbocycles. The number of morpholine rings is 1. The standard InChI is InChI=1S/C28H28N2O3/c31-28(25-10-9-18(33-25)15-29-11-13-32-14-12-29)30-16-23-24(17-30)27-20-6-2-1-5-19(20)26(23)21-7-3-4-8-22(21)27/h1-10,23-24,26-27H,11-17H2. The van der Waals surface area contributed by atoms with Crippen molar-refractivity contribution in [2.75, 3.05) is 39.4 Å². The zero-order chi connectivity index (χ0) is 21.9. The topological polar surface area (TPSA) is 45.9 Å². The Balaban J connectivity index is 1.15. The molecule has 0 N–H and O–H groups in total. The van der Waals surface area contributed by atoms with Crippen molar-refractivity contribution in [3.05, 3.63) is 94.4 Å². The predicted octanol–water partition coefficient (Wildman–Crippen LogP) is 4.09. The summed E-state index contributed by atoms with van der Waals surface area (Å²) in [5.74, 6) is 3.04. The lowest BCUT2D eigenvalue weighted by Gasteiger charge is -2.47. The smallest absolute Gasteiger partial charge is 0.289 e. The summed E-state index contributed by atoms with van der Waals surface area (Å²) in [6.45, 7) is 5.66. The van der Waals surface area contributed by atoms with E-state index in [-0.39, 0.29) is 5.91 Å². The molecule has 5 aliphatic rings. The number of ether oxygens (including phenoxy) is 1. The minimum atomic E-state index is 0.0325. The maximum atomic E-state index is 13.5. The lowest BCUT2D eigenvalue weighted by Crippen LogP contribution is -2.39. The number of carbonyl (C=O) groups is 1. The minimum Gasteiger partial charge on any atom is -0.455 e. The molecule has 2 unspecified atom stereocenters. The van der Waals surface area contributed by atoms with Gasteiger partial charge in [0, 0.05) is 38.0 Å². The zero-order valence-electron chi connectivity index (χ0n) is 18.7.